The lowest BCUT2D eigenvalue weighted by molar-refractivity contribution is -0.130. The van der Waals surface area contributed by atoms with Gasteiger partial charge in [0.05, 0.1) is 12.7 Å². The van der Waals surface area contributed by atoms with Crippen LogP contribution in [0.5, 0.6) is 0 Å². The van der Waals surface area contributed by atoms with Crippen molar-refractivity contribution < 1.29 is 14.3 Å². The zero-order valence-electron chi connectivity index (χ0n) is 12.4. The van der Waals surface area contributed by atoms with Gasteiger partial charge in [-0.05, 0) is 24.0 Å². The second kappa shape index (κ2) is 8.37. The number of carbonyl (C=O) groups excluding carboxylic acids is 1. The summed E-state index contributed by atoms with van der Waals surface area (Å²) < 4.78 is 10.8. The number of ether oxygens (including phenoxy) is 2. The van der Waals surface area contributed by atoms with Crippen LogP contribution in [-0.2, 0) is 27.4 Å². The molecular formula is C16H22ClNO3. The van der Waals surface area contributed by atoms with Crippen molar-refractivity contribution >= 4 is 17.5 Å². The van der Waals surface area contributed by atoms with Gasteiger partial charge in [-0.15, -0.1) is 11.6 Å². The van der Waals surface area contributed by atoms with Gasteiger partial charge in [0, 0.05) is 26.8 Å². The molecule has 1 atom stereocenters. The maximum absolute atomic E-state index is 12.1. The molecule has 0 N–H and O–H groups in total. The van der Waals surface area contributed by atoms with Crippen LogP contribution in [0.1, 0.15) is 24.0 Å². The first-order valence-electron chi connectivity index (χ1n) is 7.25. The summed E-state index contributed by atoms with van der Waals surface area (Å²) in [6.07, 6.45) is 2.20. The van der Waals surface area contributed by atoms with Crippen LogP contribution in [0.2, 0.25) is 0 Å². The first-order valence-corrected chi connectivity index (χ1v) is 7.79. The van der Waals surface area contributed by atoms with E-state index in [4.69, 9.17) is 21.1 Å². The molecule has 1 amide bonds. The zero-order valence-corrected chi connectivity index (χ0v) is 13.1. The Labute approximate surface area is 131 Å². The van der Waals surface area contributed by atoms with Crippen LogP contribution in [0.25, 0.3) is 0 Å². The van der Waals surface area contributed by atoms with Gasteiger partial charge in [-0.1, -0.05) is 24.3 Å². The molecule has 21 heavy (non-hydrogen) atoms. The quantitative estimate of drug-likeness (QED) is 0.727. The van der Waals surface area contributed by atoms with Crippen LogP contribution in [0.15, 0.2) is 24.3 Å². The molecule has 1 heterocycles. The molecule has 1 aliphatic rings. The van der Waals surface area contributed by atoms with Crippen molar-refractivity contribution in [2.24, 2.45) is 0 Å². The number of methoxy groups -OCH3 is 1. The number of halogens is 1. The maximum Gasteiger partial charge on any atom is 0.237 e. The van der Waals surface area contributed by atoms with Gasteiger partial charge in [0.2, 0.25) is 5.91 Å². The van der Waals surface area contributed by atoms with Gasteiger partial charge in [0.1, 0.15) is 5.88 Å². The van der Waals surface area contributed by atoms with E-state index in [-0.39, 0.29) is 17.9 Å². The van der Waals surface area contributed by atoms with Crippen LogP contribution in [0.3, 0.4) is 0 Å². The predicted octanol–water partition coefficient (Wildman–Crippen LogP) is 2.58. The Bertz CT molecular complexity index is 461. The number of amides is 1. The van der Waals surface area contributed by atoms with Crippen molar-refractivity contribution in [1.29, 1.82) is 0 Å². The number of benzene rings is 1. The fraction of sp³-hybridized carbons (Fsp3) is 0.562. The molecule has 4 nitrogen and oxygen atoms in total. The Morgan fingerprint density at radius 3 is 2.81 bits per heavy atom. The molecule has 1 aliphatic heterocycles. The Kier molecular flexibility index (Phi) is 6.49. The highest BCUT2D eigenvalue weighted by Gasteiger charge is 2.22. The third-order valence-corrected chi connectivity index (χ3v) is 3.92. The SMILES string of the molecule is COCc1ccccc1CN(C[C@@H]1CCCO1)C(=O)CCl. The molecule has 5 heteroatoms. The molecule has 0 bridgehead atoms. The summed E-state index contributed by atoms with van der Waals surface area (Å²) in [5.41, 5.74) is 2.19. The number of nitrogens with zero attached hydrogens (tertiary/aromatic N) is 1. The van der Waals surface area contributed by atoms with E-state index in [0.29, 0.717) is 19.7 Å². The summed E-state index contributed by atoms with van der Waals surface area (Å²) in [6.45, 7) is 2.48. The van der Waals surface area contributed by atoms with E-state index in [9.17, 15) is 4.79 Å². The largest absolute Gasteiger partial charge is 0.380 e. The Morgan fingerprint density at radius 2 is 2.19 bits per heavy atom. The van der Waals surface area contributed by atoms with E-state index in [2.05, 4.69) is 0 Å². The van der Waals surface area contributed by atoms with Crippen molar-refractivity contribution in [2.75, 3.05) is 26.1 Å². The molecule has 1 aromatic rings. The molecule has 0 spiro atoms. The van der Waals surface area contributed by atoms with Gasteiger partial charge in [-0.2, -0.15) is 0 Å². The minimum absolute atomic E-state index is 0.000829. The average Bonchev–Trinajstić information content (AvgIpc) is 3.01. The molecule has 0 unspecified atom stereocenters. The van der Waals surface area contributed by atoms with Gasteiger partial charge in [-0.25, -0.2) is 0 Å². The number of hydrogen-bond donors (Lipinski definition) is 0. The minimum Gasteiger partial charge on any atom is -0.380 e. The van der Waals surface area contributed by atoms with Crippen LogP contribution in [0, 0.1) is 0 Å². The maximum atomic E-state index is 12.1. The van der Waals surface area contributed by atoms with E-state index in [1.54, 1.807) is 12.0 Å². The predicted molar refractivity (Wildman–Crippen MR) is 82.3 cm³/mol. The highest BCUT2D eigenvalue weighted by Crippen LogP contribution is 2.17. The molecule has 0 aliphatic carbocycles. The van der Waals surface area contributed by atoms with Crippen molar-refractivity contribution in [2.45, 2.75) is 32.1 Å². The monoisotopic (exact) mass is 311 g/mol. The van der Waals surface area contributed by atoms with E-state index < -0.39 is 0 Å². The van der Waals surface area contributed by atoms with Crippen molar-refractivity contribution in [3.05, 3.63) is 35.4 Å². The van der Waals surface area contributed by atoms with Gasteiger partial charge in [-0.3, -0.25) is 4.79 Å². The standard InChI is InChI=1S/C16H22ClNO3/c1-20-12-14-6-3-2-5-13(14)10-18(16(19)9-17)11-15-7-4-8-21-15/h2-3,5-6,15H,4,7-12H2,1H3/t15-/m0/s1. The van der Waals surface area contributed by atoms with Gasteiger partial charge in [0.25, 0.3) is 0 Å². The smallest absolute Gasteiger partial charge is 0.237 e. The second-order valence-corrected chi connectivity index (χ2v) is 5.51. The molecule has 1 fully saturated rings. The van der Waals surface area contributed by atoms with E-state index in [1.807, 2.05) is 24.3 Å². The molecule has 116 valence electrons. The molecule has 2 rings (SSSR count). The van der Waals surface area contributed by atoms with Crippen LogP contribution < -0.4 is 0 Å². The molecule has 0 saturated carbocycles. The minimum atomic E-state index is -0.0561. The summed E-state index contributed by atoms with van der Waals surface area (Å²) in [5, 5.41) is 0. The average molecular weight is 312 g/mol. The summed E-state index contributed by atoms with van der Waals surface area (Å²) >= 11 is 5.74. The Morgan fingerprint density at radius 1 is 1.43 bits per heavy atom. The van der Waals surface area contributed by atoms with E-state index >= 15 is 0 Å². The number of alkyl halides is 1. The number of carbonyl (C=O) groups is 1. The molecule has 0 radical (unpaired) electrons. The summed E-state index contributed by atoms with van der Waals surface area (Å²) in [7, 11) is 1.67. The topological polar surface area (TPSA) is 38.8 Å². The molecule has 1 aromatic carbocycles. The molecular weight excluding hydrogens is 290 g/mol. The zero-order chi connectivity index (χ0) is 15.1. The van der Waals surface area contributed by atoms with Crippen LogP contribution in [-0.4, -0.2) is 43.1 Å². The first kappa shape index (κ1) is 16.3. The van der Waals surface area contributed by atoms with Gasteiger partial charge < -0.3 is 14.4 Å². The highest BCUT2D eigenvalue weighted by atomic mass is 35.5. The van der Waals surface area contributed by atoms with Crippen LogP contribution in [0.4, 0.5) is 0 Å². The lowest BCUT2D eigenvalue weighted by atomic mass is 10.1. The third-order valence-electron chi connectivity index (χ3n) is 3.69. The first-order chi connectivity index (χ1) is 10.2. The fourth-order valence-electron chi connectivity index (χ4n) is 2.59. The number of hydrogen-bond acceptors (Lipinski definition) is 3. The summed E-state index contributed by atoms with van der Waals surface area (Å²) in [5.74, 6) is -0.0570. The Hall–Kier alpha value is -1.10. The Balaban J connectivity index is 2.08. The van der Waals surface area contributed by atoms with Gasteiger partial charge in [0.15, 0.2) is 0 Å². The van der Waals surface area contributed by atoms with Crippen molar-refractivity contribution in [3.8, 4) is 0 Å². The lowest BCUT2D eigenvalue weighted by Crippen LogP contribution is -2.37. The molecule has 1 saturated heterocycles. The van der Waals surface area contributed by atoms with Crippen LogP contribution >= 0.6 is 11.6 Å². The highest BCUT2D eigenvalue weighted by molar-refractivity contribution is 6.27. The van der Waals surface area contributed by atoms with E-state index in [0.717, 1.165) is 30.6 Å². The molecule has 0 aromatic heterocycles. The third kappa shape index (κ3) is 4.70. The van der Waals surface area contributed by atoms with E-state index in [1.165, 1.54) is 0 Å². The normalized spacial score (nSPS) is 17.9. The lowest BCUT2D eigenvalue weighted by Gasteiger charge is -2.26. The second-order valence-electron chi connectivity index (χ2n) is 5.24. The van der Waals surface area contributed by atoms with Crippen molar-refractivity contribution in [3.63, 3.8) is 0 Å². The van der Waals surface area contributed by atoms with Crippen molar-refractivity contribution in [1.82, 2.24) is 4.90 Å². The fourth-order valence-corrected chi connectivity index (χ4v) is 2.76. The van der Waals surface area contributed by atoms with Gasteiger partial charge >= 0.3 is 0 Å². The number of rotatable bonds is 7. The summed E-state index contributed by atoms with van der Waals surface area (Å²) in [4.78, 5) is 13.9. The summed E-state index contributed by atoms with van der Waals surface area (Å²) in [6, 6.07) is 8.00.